The van der Waals surface area contributed by atoms with E-state index in [-0.39, 0.29) is 11.2 Å². The van der Waals surface area contributed by atoms with Crippen molar-refractivity contribution in [3.05, 3.63) is 131 Å². The van der Waals surface area contributed by atoms with Crippen molar-refractivity contribution >= 4 is 0 Å². The molecule has 0 amide bonds. The summed E-state index contributed by atoms with van der Waals surface area (Å²) in [4.78, 5) is 0. The minimum Gasteiger partial charge on any atom is -0.349 e. The average Bonchev–Trinajstić information content (AvgIpc) is 3.24. The molecule has 1 saturated heterocycles. The van der Waals surface area contributed by atoms with Gasteiger partial charge in [0.2, 0.25) is 0 Å². The van der Waals surface area contributed by atoms with Crippen molar-refractivity contribution in [2.24, 2.45) is 23.7 Å². The Balaban J connectivity index is 1.58. The molecule has 1 nitrogen and oxygen atoms in total. The fraction of sp³-hybridized carbons (Fsp3) is 0.214. The molecule has 3 aromatic carbocycles. The van der Waals surface area contributed by atoms with Gasteiger partial charge in [0.15, 0.2) is 0 Å². The lowest BCUT2D eigenvalue weighted by Crippen LogP contribution is -2.57. The predicted molar refractivity (Wildman–Crippen MR) is 114 cm³/mol. The molecule has 0 unspecified atom stereocenters. The first-order valence-corrected chi connectivity index (χ1v) is 10.6. The molecule has 7 rings (SSSR count). The van der Waals surface area contributed by atoms with Crippen molar-refractivity contribution in [1.29, 1.82) is 0 Å². The second kappa shape index (κ2) is 5.37. The summed E-state index contributed by atoms with van der Waals surface area (Å²) in [5.74, 6) is 1.96. The second-order valence-electron chi connectivity index (χ2n) is 8.83. The van der Waals surface area contributed by atoms with Crippen molar-refractivity contribution in [2.45, 2.75) is 11.2 Å². The van der Waals surface area contributed by atoms with Crippen LogP contribution < -0.4 is 0 Å². The Bertz CT molecular complexity index is 1070. The highest BCUT2D eigenvalue weighted by molar-refractivity contribution is 5.60. The van der Waals surface area contributed by atoms with Crippen LogP contribution in [0.25, 0.3) is 0 Å². The van der Waals surface area contributed by atoms with Crippen LogP contribution in [-0.2, 0) is 15.9 Å². The van der Waals surface area contributed by atoms with Crippen LogP contribution in [0.5, 0.6) is 0 Å². The standard InChI is InChI=1S/C28H22O/c1-3-11-19(12-4-1)27-23-17-9-10-18-24(23)28(29-27,20-13-5-2-6-14-20)26-22-16-8-7-15-21(22)25(26)27/h1-18,21-22,25-26H/t21-,22+,25+,26-,27+,28-. The van der Waals surface area contributed by atoms with Gasteiger partial charge in [0.25, 0.3) is 0 Å². The maximum absolute atomic E-state index is 7.40. The van der Waals surface area contributed by atoms with Crippen LogP contribution in [0.4, 0.5) is 0 Å². The Morgan fingerprint density at radius 3 is 1.38 bits per heavy atom. The summed E-state index contributed by atoms with van der Waals surface area (Å²) in [6.45, 7) is 0. The van der Waals surface area contributed by atoms with Crippen molar-refractivity contribution < 1.29 is 4.74 Å². The van der Waals surface area contributed by atoms with Crippen LogP contribution in [0.1, 0.15) is 22.3 Å². The van der Waals surface area contributed by atoms with Crippen LogP contribution >= 0.6 is 0 Å². The number of hydrogen-bond acceptors (Lipinski definition) is 1. The fourth-order valence-corrected chi connectivity index (χ4v) is 6.92. The largest absolute Gasteiger partial charge is 0.349 e. The number of rotatable bonds is 2. The van der Waals surface area contributed by atoms with Crippen LogP contribution in [-0.4, -0.2) is 0 Å². The molecule has 6 atom stereocenters. The van der Waals surface area contributed by atoms with Crippen molar-refractivity contribution in [1.82, 2.24) is 0 Å². The van der Waals surface area contributed by atoms with Crippen molar-refractivity contribution in [3.63, 3.8) is 0 Å². The number of benzene rings is 3. The Hall–Kier alpha value is -2.90. The van der Waals surface area contributed by atoms with E-state index in [0.717, 1.165) is 0 Å². The molecule has 29 heavy (non-hydrogen) atoms. The first kappa shape index (κ1) is 16.0. The van der Waals surface area contributed by atoms with Gasteiger partial charge >= 0.3 is 0 Å². The Morgan fingerprint density at radius 1 is 0.517 bits per heavy atom. The van der Waals surface area contributed by atoms with E-state index in [9.17, 15) is 0 Å². The zero-order valence-electron chi connectivity index (χ0n) is 16.1. The molecule has 2 aliphatic heterocycles. The van der Waals surface area contributed by atoms with Crippen molar-refractivity contribution in [3.8, 4) is 0 Å². The third-order valence-corrected chi connectivity index (χ3v) is 7.83. The van der Waals surface area contributed by atoms with Gasteiger partial charge in [-0.25, -0.2) is 0 Å². The molecule has 0 radical (unpaired) electrons. The third kappa shape index (κ3) is 1.69. The summed E-state index contributed by atoms with van der Waals surface area (Å²) in [7, 11) is 0. The topological polar surface area (TPSA) is 9.23 Å². The summed E-state index contributed by atoms with van der Waals surface area (Å²) in [5.41, 5.74) is 4.54. The Kier molecular flexibility index (Phi) is 2.96. The lowest BCUT2D eigenvalue weighted by molar-refractivity contribution is -0.0525. The molecule has 0 aromatic heterocycles. The highest BCUT2D eigenvalue weighted by Crippen LogP contribution is 2.77. The number of fused-ring (bicyclic) bond motifs is 11. The van der Waals surface area contributed by atoms with Gasteiger partial charge in [-0.2, -0.15) is 0 Å². The van der Waals surface area contributed by atoms with Crippen LogP contribution in [0.3, 0.4) is 0 Å². The first-order chi connectivity index (χ1) is 14.4. The van der Waals surface area contributed by atoms with E-state index < -0.39 is 0 Å². The Labute approximate surface area is 171 Å². The van der Waals surface area contributed by atoms with Gasteiger partial charge in [-0.15, -0.1) is 0 Å². The molecule has 140 valence electrons. The van der Waals surface area contributed by atoms with E-state index in [0.29, 0.717) is 23.7 Å². The monoisotopic (exact) mass is 374 g/mol. The summed E-state index contributed by atoms with van der Waals surface area (Å²) in [6, 6.07) is 30.8. The molecule has 1 heteroatoms. The molecule has 0 N–H and O–H groups in total. The molecule has 4 aliphatic rings. The highest BCUT2D eigenvalue weighted by Gasteiger charge is 2.78. The zero-order chi connectivity index (χ0) is 19.1. The molecule has 1 saturated carbocycles. The van der Waals surface area contributed by atoms with Gasteiger partial charge < -0.3 is 4.74 Å². The van der Waals surface area contributed by atoms with Crippen molar-refractivity contribution in [2.75, 3.05) is 0 Å². The molecule has 2 fully saturated rings. The quantitative estimate of drug-likeness (QED) is 0.514. The number of ether oxygens (including phenoxy) is 1. The van der Waals surface area contributed by atoms with Gasteiger partial charge in [0.1, 0.15) is 11.2 Å². The average molecular weight is 374 g/mol. The third-order valence-electron chi connectivity index (χ3n) is 7.83. The molecule has 0 spiro atoms. The van der Waals surface area contributed by atoms with E-state index >= 15 is 0 Å². The molecular formula is C28H22O. The van der Waals surface area contributed by atoms with E-state index in [2.05, 4.69) is 109 Å². The molecule has 2 bridgehead atoms. The predicted octanol–water partition coefficient (Wildman–Crippen LogP) is 5.82. The molecule has 3 aromatic rings. The minimum absolute atomic E-state index is 0.380. The van der Waals surface area contributed by atoms with E-state index in [4.69, 9.17) is 4.74 Å². The van der Waals surface area contributed by atoms with Gasteiger partial charge in [-0.05, 0) is 34.1 Å². The lowest BCUT2D eigenvalue weighted by atomic mass is 9.43. The van der Waals surface area contributed by atoms with E-state index in [1.165, 1.54) is 22.3 Å². The van der Waals surface area contributed by atoms with Crippen LogP contribution in [0.2, 0.25) is 0 Å². The van der Waals surface area contributed by atoms with Gasteiger partial charge in [0.05, 0.1) is 0 Å². The second-order valence-corrected chi connectivity index (χ2v) is 8.83. The van der Waals surface area contributed by atoms with Gasteiger partial charge in [-0.1, -0.05) is 109 Å². The minimum atomic E-state index is -0.380. The van der Waals surface area contributed by atoms with E-state index in [1.54, 1.807) is 0 Å². The lowest BCUT2D eigenvalue weighted by Gasteiger charge is -2.57. The first-order valence-electron chi connectivity index (χ1n) is 10.6. The highest BCUT2D eigenvalue weighted by atomic mass is 16.5. The van der Waals surface area contributed by atoms with Crippen LogP contribution in [0, 0.1) is 23.7 Å². The van der Waals surface area contributed by atoms with Gasteiger partial charge in [0, 0.05) is 11.8 Å². The fourth-order valence-electron chi connectivity index (χ4n) is 6.92. The number of hydrogen-bond donors (Lipinski definition) is 0. The zero-order valence-corrected chi connectivity index (χ0v) is 16.1. The van der Waals surface area contributed by atoms with Gasteiger partial charge in [-0.3, -0.25) is 0 Å². The summed E-state index contributed by atoms with van der Waals surface area (Å²) in [5, 5.41) is 0. The Morgan fingerprint density at radius 2 is 0.931 bits per heavy atom. The normalized spacial score (nSPS) is 37.5. The molecule has 2 heterocycles. The maximum atomic E-state index is 7.40. The molecular weight excluding hydrogens is 352 g/mol. The molecule has 2 aliphatic carbocycles. The SMILES string of the molecule is C1=C[C@@H]2[C@H](C=C1)[C@@H]1[C@H]2[C@@]2(c3ccccc3)O[C@]1(c1ccccc1)c1ccccc12. The smallest absolute Gasteiger partial charge is 0.124 e. The summed E-state index contributed by atoms with van der Waals surface area (Å²) < 4.78 is 7.40. The number of allylic oxidation sites excluding steroid dienone is 4. The maximum Gasteiger partial charge on any atom is 0.124 e. The van der Waals surface area contributed by atoms with Crippen LogP contribution in [0.15, 0.2) is 109 Å². The summed E-state index contributed by atoms with van der Waals surface area (Å²) >= 11 is 0. The van der Waals surface area contributed by atoms with E-state index in [1.807, 2.05) is 0 Å². The summed E-state index contributed by atoms with van der Waals surface area (Å²) in [6.07, 6.45) is 9.29.